The van der Waals surface area contributed by atoms with Gasteiger partial charge in [-0.2, -0.15) is 0 Å². The van der Waals surface area contributed by atoms with Crippen molar-refractivity contribution in [3.8, 4) is 0 Å². The Morgan fingerprint density at radius 2 is 1.75 bits per heavy atom. The van der Waals surface area contributed by atoms with Gasteiger partial charge in [-0.3, -0.25) is 4.79 Å². The number of para-hydroxylation sites is 1. The molecular weight excluding hydrogens is 454 g/mol. The molecule has 0 radical (unpaired) electrons. The van der Waals surface area contributed by atoms with Crippen molar-refractivity contribution in [3.05, 3.63) is 36.0 Å². The molecule has 0 spiro atoms. The number of nitrogens with one attached hydrogen (secondary N) is 3. The van der Waals surface area contributed by atoms with Crippen LogP contribution in [0, 0.1) is 23.7 Å². The summed E-state index contributed by atoms with van der Waals surface area (Å²) in [5.41, 5.74) is 0.738. The second kappa shape index (κ2) is 9.40. The van der Waals surface area contributed by atoms with Crippen LogP contribution in [0.3, 0.4) is 0 Å². The van der Waals surface area contributed by atoms with Gasteiger partial charge in [0.25, 0.3) is 0 Å². The Morgan fingerprint density at radius 1 is 1.06 bits per heavy atom. The average molecular weight is 494 g/mol. The Morgan fingerprint density at radius 3 is 2.47 bits per heavy atom. The van der Waals surface area contributed by atoms with E-state index in [0.29, 0.717) is 24.7 Å². The van der Waals surface area contributed by atoms with Crippen LogP contribution in [0.4, 0.5) is 4.79 Å². The van der Waals surface area contributed by atoms with E-state index in [4.69, 9.17) is 4.74 Å². The quantitative estimate of drug-likeness (QED) is 0.478. The highest BCUT2D eigenvalue weighted by molar-refractivity contribution is 5.91. The monoisotopic (exact) mass is 493 g/mol. The number of benzene rings is 1. The third-order valence-corrected chi connectivity index (χ3v) is 9.53. The number of rotatable bonds is 6. The normalized spacial score (nSPS) is 34.8. The number of alkyl carbamates (subject to hydrolysis) is 1. The lowest BCUT2D eigenvalue weighted by atomic mass is 9.55. The van der Waals surface area contributed by atoms with Gasteiger partial charge in [0.2, 0.25) is 5.91 Å². The first-order valence-corrected chi connectivity index (χ1v) is 13.9. The Bertz CT molecular complexity index is 1100. The van der Waals surface area contributed by atoms with Crippen LogP contribution >= 0.6 is 0 Å². The molecule has 5 fully saturated rings. The van der Waals surface area contributed by atoms with Gasteiger partial charge in [0.15, 0.2) is 0 Å². The summed E-state index contributed by atoms with van der Waals surface area (Å²) in [7, 11) is 0. The van der Waals surface area contributed by atoms with E-state index in [1.807, 2.05) is 30.5 Å². The zero-order chi connectivity index (χ0) is 24.9. The van der Waals surface area contributed by atoms with Gasteiger partial charge in [-0.1, -0.05) is 31.0 Å². The summed E-state index contributed by atoms with van der Waals surface area (Å²) in [4.78, 5) is 30.3. The van der Waals surface area contributed by atoms with Crippen molar-refractivity contribution in [1.29, 1.82) is 0 Å². The molecule has 2 aromatic rings. The molecule has 7 heteroatoms. The van der Waals surface area contributed by atoms with Gasteiger partial charge in [-0.15, -0.1) is 0 Å². The number of amides is 2. The number of aliphatic hydroxyl groups is 1. The van der Waals surface area contributed by atoms with Crippen LogP contribution in [0.1, 0.15) is 70.3 Å². The summed E-state index contributed by atoms with van der Waals surface area (Å²) in [6.07, 6.45) is 10.5. The third-order valence-electron chi connectivity index (χ3n) is 9.53. The highest BCUT2D eigenvalue weighted by Crippen LogP contribution is 2.54. The maximum absolute atomic E-state index is 13.7. The summed E-state index contributed by atoms with van der Waals surface area (Å²) in [6.45, 7) is 1.78. The van der Waals surface area contributed by atoms with E-state index < -0.39 is 17.7 Å². The fraction of sp³-hybridized carbons (Fsp3) is 0.655. The molecule has 0 unspecified atom stereocenters. The van der Waals surface area contributed by atoms with Crippen LogP contribution in [-0.2, 0) is 16.0 Å². The molecule has 36 heavy (non-hydrogen) atoms. The van der Waals surface area contributed by atoms with Crippen LogP contribution in [0.15, 0.2) is 30.5 Å². The molecule has 1 aromatic carbocycles. The molecule has 1 heterocycles. The average Bonchev–Trinajstić information content (AvgIpc) is 3.25. The number of aliphatic hydroxyl groups excluding tert-OH is 1. The third kappa shape index (κ3) is 4.51. The van der Waals surface area contributed by atoms with E-state index in [1.165, 1.54) is 6.42 Å². The summed E-state index contributed by atoms with van der Waals surface area (Å²) in [6, 6.07) is 7.68. The van der Waals surface area contributed by atoms with Gasteiger partial charge in [-0.25, -0.2) is 4.79 Å². The number of hydrogen-bond donors (Lipinski definition) is 4. The number of aromatic amines is 1. The zero-order valence-corrected chi connectivity index (χ0v) is 21.2. The lowest BCUT2D eigenvalue weighted by Crippen LogP contribution is -2.62. The Kier molecular flexibility index (Phi) is 6.22. The molecule has 7 nitrogen and oxygen atoms in total. The molecule has 3 atom stereocenters. The minimum absolute atomic E-state index is 0.0432. The first-order valence-electron chi connectivity index (χ1n) is 13.9. The summed E-state index contributed by atoms with van der Waals surface area (Å²) >= 11 is 0. The molecule has 1 aromatic heterocycles. The Balaban J connectivity index is 1.21. The van der Waals surface area contributed by atoms with Gasteiger partial charge in [0.05, 0.1) is 12.1 Å². The van der Waals surface area contributed by atoms with Gasteiger partial charge >= 0.3 is 6.09 Å². The van der Waals surface area contributed by atoms with E-state index in [9.17, 15) is 14.7 Å². The number of carbonyl (C=O) groups is 2. The van der Waals surface area contributed by atoms with Crippen molar-refractivity contribution in [2.75, 3.05) is 0 Å². The molecular formula is C29H39N3O4. The highest BCUT2D eigenvalue weighted by Gasteiger charge is 2.50. The van der Waals surface area contributed by atoms with Crippen LogP contribution in [0.5, 0.6) is 0 Å². The van der Waals surface area contributed by atoms with Gasteiger partial charge in [-0.05, 0) is 87.2 Å². The Hall–Kier alpha value is -2.54. The lowest BCUT2D eigenvalue weighted by Gasteiger charge is -2.53. The van der Waals surface area contributed by atoms with Crippen LogP contribution in [0.2, 0.25) is 0 Å². The van der Waals surface area contributed by atoms with Crippen molar-refractivity contribution in [2.24, 2.45) is 23.7 Å². The fourth-order valence-electron chi connectivity index (χ4n) is 7.89. The number of H-pyrrole nitrogens is 1. The molecule has 194 valence electrons. The predicted octanol–water partition coefficient (Wildman–Crippen LogP) is 4.44. The van der Waals surface area contributed by atoms with Crippen molar-refractivity contribution < 1.29 is 19.4 Å². The maximum atomic E-state index is 13.7. The summed E-state index contributed by atoms with van der Waals surface area (Å²) in [5.74, 6) is 2.24. The second-order valence-corrected chi connectivity index (χ2v) is 12.2. The highest BCUT2D eigenvalue weighted by atomic mass is 16.6. The number of hydrogen-bond acceptors (Lipinski definition) is 4. The first kappa shape index (κ1) is 23.8. The molecule has 0 saturated heterocycles. The maximum Gasteiger partial charge on any atom is 0.408 e. The largest absolute Gasteiger partial charge is 0.446 e. The zero-order valence-electron chi connectivity index (χ0n) is 21.2. The van der Waals surface area contributed by atoms with E-state index in [2.05, 4.69) is 15.6 Å². The van der Waals surface area contributed by atoms with Crippen LogP contribution in [0.25, 0.3) is 10.9 Å². The van der Waals surface area contributed by atoms with Crippen molar-refractivity contribution in [1.82, 2.24) is 15.6 Å². The van der Waals surface area contributed by atoms with Gasteiger partial charge in [0.1, 0.15) is 11.6 Å². The van der Waals surface area contributed by atoms with E-state index in [0.717, 1.165) is 73.2 Å². The topological polar surface area (TPSA) is 103 Å². The number of aromatic nitrogens is 1. The number of carbonyl (C=O) groups excluding carboxylic acids is 2. The predicted molar refractivity (Wildman–Crippen MR) is 137 cm³/mol. The summed E-state index contributed by atoms with van der Waals surface area (Å²) < 4.78 is 6.10. The molecule has 5 aliphatic rings. The molecule has 0 aliphatic heterocycles. The molecule has 4 N–H and O–H groups in total. The first-order chi connectivity index (χ1) is 17.4. The SMILES string of the molecule is C[C@](Cc1c[nH]c2ccccc12)(NC(=O)OC1C2CC3CC(C2)CC1C3)C(=O)N[C@@H]1CCCC[C@H]1O. The minimum Gasteiger partial charge on any atom is -0.446 e. The van der Waals surface area contributed by atoms with Gasteiger partial charge < -0.3 is 25.5 Å². The Labute approximate surface area is 212 Å². The lowest BCUT2D eigenvalue weighted by molar-refractivity contribution is -0.129. The molecule has 5 saturated carbocycles. The number of ether oxygens (including phenoxy) is 1. The molecule has 4 bridgehead atoms. The van der Waals surface area contributed by atoms with Crippen molar-refractivity contribution in [3.63, 3.8) is 0 Å². The summed E-state index contributed by atoms with van der Waals surface area (Å²) in [5, 5.41) is 17.5. The van der Waals surface area contributed by atoms with E-state index in [-0.39, 0.29) is 18.1 Å². The van der Waals surface area contributed by atoms with Crippen LogP contribution < -0.4 is 10.6 Å². The standard InChI is InChI=1S/C29H39N3O4/c1-29(27(34)31-24-8-4-5-9-25(24)33,15-21-16-30-23-7-3-2-6-22(21)23)32-28(35)36-26-19-11-17-10-18(13-19)14-20(26)12-17/h2-3,6-7,16-20,24-26,30,33H,4-5,8-15H2,1H3,(H,31,34)(H,32,35)/t17?,18?,19?,20?,24-,25-,26?,29-/m1/s1. The molecule has 2 amide bonds. The molecule has 7 rings (SSSR count). The van der Waals surface area contributed by atoms with Gasteiger partial charge in [0, 0.05) is 23.5 Å². The smallest absolute Gasteiger partial charge is 0.408 e. The van der Waals surface area contributed by atoms with E-state index >= 15 is 0 Å². The van der Waals surface area contributed by atoms with Crippen molar-refractivity contribution in [2.45, 2.75) is 94.9 Å². The minimum atomic E-state index is -1.22. The van der Waals surface area contributed by atoms with Crippen molar-refractivity contribution >= 4 is 22.9 Å². The van der Waals surface area contributed by atoms with Crippen LogP contribution in [-0.4, -0.2) is 45.9 Å². The molecule has 5 aliphatic carbocycles. The fourth-order valence-corrected chi connectivity index (χ4v) is 7.89. The number of fused-ring (bicyclic) bond motifs is 1. The second-order valence-electron chi connectivity index (χ2n) is 12.2. The van der Waals surface area contributed by atoms with E-state index in [1.54, 1.807) is 6.92 Å².